The van der Waals surface area contributed by atoms with E-state index in [1.165, 1.54) is 12.1 Å². The van der Waals surface area contributed by atoms with Crippen LogP contribution in [0.3, 0.4) is 0 Å². The van der Waals surface area contributed by atoms with Crippen LogP contribution in [0.5, 0.6) is 0 Å². The number of alkyl halides is 3. The Kier molecular flexibility index (Phi) is 3.15. The Hall–Kier alpha value is -1.78. The van der Waals surface area contributed by atoms with E-state index in [1.54, 1.807) is 10.7 Å². The number of hydrogen-bond acceptors (Lipinski definition) is 1. The topological polar surface area (TPSA) is 17.8 Å². The minimum atomic E-state index is -4.30. The van der Waals surface area contributed by atoms with Crippen LogP contribution < -0.4 is 0 Å². The van der Waals surface area contributed by atoms with E-state index in [0.717, 1.165) is 12.1 Å². The summed E-state index contributed by atoms with van der Waals surface area (Å²) in [6.07, 6.45) is -2.48. The molecule has 0 aliphatic carbocycles. The van der Waals surface area contributed by atoms with Crippen molar-refractivity contribution < 1.29 is 13.2 Å². The van der Waals surface area contributed by atoms with Crippen molar-refractivity contribution in [2.24, 2.45) is 0 Å². The first-order valence-corrected chi connectivity index (χ1v) is 5.61. The van der Waals surface area contributed by atoms with E-state index in [4.69, 9.17) is 0 Å². The van der Waals surface area contributed by atoms with Crippen molar-refractivity contribution in [3.63, 3.8) is 0 Å². The maximum atomic E-state index is 12.4. The smallest absolute Gasteiger partial charge is 0.270 e. The molecule has 1 aromatic heterocycles. The minimum Gasteiger partial charge on any atom is -0.270 e. The molecule has 5 heteroatoms. The molecule has 0 aliphatic rings. The molecule has 18 heavy (non-hydrogen) atoms. The zero-order chi connectivity index (χ0) is 13.3. The Labute approximate surface area is 103 Å². The molecule has 2 aromatic rings. The molecule has 2 nitrogen and oxygen atoms in total. The highest BCUT2D eigenvalue weighted by Crippen LogP contribution is 2.30. The lowest BCUT2D eigenvalue weighted by Gasteiger charge is -2.07. The summed E-state index contributed by atoms with van der Waals surface area (Å²) in [7, 11) is 0. The lowest BCUT2D eigenvalue weighted by atomic mass is 10.1. The molecule has 0 atom stereocenters. The first kappa shape index (κ1) is 12.7. The van der Waals surface area contributed by atoms with E-state index in [9.17, 15) is 13.2 Å². The standard InChI is InChI=1S/C13H13F3N2/c1-9(2)18-8-7-12(17-18)10-3-5-11(6-4-10)13(14,15)16/h3-9H,1-2H3. The largest absolute Gasteiger partial charge is 0.416 e. The van der Waals surface area contributed by atoms with Gasteiger partial charge in [-0.3, -0.25) is 4.68 Å². The first-order valence-electron chi connectivity index (χ1n) is 5.61. The van der Waals surface area contributed by atoms with Crippen LogP contribution in [0.15, 0.2) is 36.5 Å². The van der Waals surface area contributed by atoms with Gasteiger partial charge in [0.1, 0.15) is 0 Å². The number of benzene rings is 1. The second-order valence-electron chi connectivity index (χ2n) is 4.35. The number of hydrogen-bond donors (Lipinski definition) is 0. The quantitative estimate of drug-likeness (QED) is 0.787. The van der Waals surface area contributed by atoms with Gasteiger partial charge in [0.2, 0.25) is 0 Å². The van der Waals surface area contributed by atoms with Crippen LogP contribution in [0.1, 0.15) is 25.5 Å². The number of halogens is 3. The fraction of sp³-hybridized carbons (Fsp3) is 0.308. The summed E-state index contributed by atoms with van der Waals surface area (Å²) in [4.78, 5) is 0. The molecule has 0 aliphatic heterocycles. The molecular weight excluding hydrogens is 241 g/mol. The van der Waals surface area contributed by atoms with Crippen molar-refractivity contribution in [3.8, 4) is 11.3 Å². The molecule has 0 radical (unpaired) electrons. The molecular formula is C13H13F3N2. The van der Waals surface area contributed by atoms with Crippen LogP contribution in [0, 0.1) is 0 Å². The first-order chi connectivity index (χ1) is 8.38. The normalized spacial score (nSPS) is 12.1. The molecule has 0 N–H and O–H groups in total. The van der Waals surface area contributed by atoms with Crippen LogP contribution in [0.4, 0.5) is 13.2 Å². The van der Waals surface area contributed by atoms with Gasteiger partial charge >= 0.3 is 6.18 Å². The molecule has 96 valence electrons. The summed E-state index contributed by atoms with van der Waals surface area (Å²) < 4.78 is 39.0. The lowest BCUT2D eigenvalue weighted by molar-refractivity contribution is -0.137. The van der Waals surface area contributed by atoms with Crippen LogP contribution in [-0.2, 0) is 6.18 Å². The molecule has 0 spiro atoms. The van der Waals surface area contributed by atoms with Crippen molar-refractivity contribution in [1.82, 2.24) is 9.78 Å². The van der Waals surface area contributed by atoms with Gasteiger partial charge in [-0.1, -0.05) is 12.1 Å². The van der Waals surface area contributed by atoms with Gasteiger partial charge in [-0.05, 0) is 32.0 Å². The average molecular weight is 254 g/mol. The van der Waals surface area contributed by atoms with Crippen LogP contribution >= 0.6 is 0 Å². The second kappa shape index (κ2) is 4.48. The molecule has 0 bridgehead atoms. The maximum absolute atomic E-state index is 12.4. The molecule has 0 amide bonds. The van der Waals surface area contributed by atoms with E-state index < -0.39 is 11.7 Å². The Bertz CT molecular complexity index is 524. The van der Waals surface area contributed by atoms with Crippen molar-refractivity contribution in [3.05, 3.63) is 42.1 Å². The van der Waals surface area contributed by atoms with Crippen LogP contribution in [0.2, 0.25) is 0 Å². The molecule has 2 rings (SSSR count). The predicted molar refractivity (Wildman–Crippen MR) is 63.1 cm³/mol. The molecule has 1 aromatic carbocycles. The van der Waals surface area contributed by atoms with E-state index in [1.807, 2.05) is 20.0 Å². The average Bonchev–Trinajstić information content (AvgIpc) is 2.77. The van der Waals surface area contributed by atoms with Crippen LogP contribution in [0.25, 0.3) is 11.3 Å². The highest BCUT2D eigenvalue weighted by molar-refractivity contribution is 5.59. The zero-order valence-corrected chi connectivity index (χ0v) is 10.1. The monoisotopic (exact) mass is 254 g/mol. The molecule has 0 saturated heterocycles. The van der Waals surface area contributed by atoms with Gasteiger partial charge in [0, 0.05) is 17.8 Å². The zero-order valence-electron chi connectivity index (χ0n) is 10.1. The Morgan fingerprint density at radius 1 is 1.06 bits per heavy atom. The third kappa shape index (κ3) is 2.55. The van der Waals surface area contributed by atoms with Gasteiger partial charge in [0.15, 0.2) is 0 Å². The summed E-state index contributed by atoms with van der Waals surface area (Å²) in [5.74, 6) is 0. The van der Waals surface area contributed by atoms with Crippen molar-refractivity contribution >= 4 is 0 Å². The Morgan fingerprint density at radius 2 is 1.67 bits per heavy atom. The van der Waals surface area contributed by atoms with Gasteiger partial charge in [-0.25, -0.2) is 0 Å². The molecule has 0 fully saturated rings. The van der Waals surface area contributed by atoms with E-state index >= 15 is 0 Å². The van der Waals surface area contributed by atoms with Crippen molar-refractivity contribution in [2.75, 3.05) is 0 Å². The highest BCUT2D eigenvalue weighted by Gasteiger charge is 2.30. The number of nitrogens with zero attached hydrogens (tertiary/aromatic N) is 2. The van der Waals surface area contributed by atoms with Gasteiger partial charge in [0.25, 0.3) is 0 Å². The maximum Gasteiger partial charge on any atom is 0.416 e. The molecule has 1 heterocycles. The fourth-order valence-electron chi connectivity index (χ4n) is 1.61. The summed E-state index contributed by atoms with van der Waals surface area (Å²) in [6.45, 7) is 3.98. The van der Waals surface area contributed by atoms with E-state index in [2.05, 4.69) is 5.10 Å². The van der Waals surface area contributed by atoms with E-state index in [-0.39, 0.29) is 6.04 Å². The third-order valence-corrected chi connectivity index (χ3v) is 2.65. The molecule has 0 saturated carbocycles. The van der Waals surface area contributed by atoms with E-state index in [0.29, 0.717) is 11.3 Å². The number of aromatic nitrogens is 2. The van der Waals surface area contributed by atoms with Gasteiger partial charge < -0.3 is 0 Å². The summed E-state index contributed by atoms with van der Waals surface area (Å²) in [5.41, 5.74) is 0.717. The second-order valence-corrected chi connectivity index (χ2v) is 4.35. The van der Waals surface area contributed by atoms with Gasteiger partial charge in [0.05, 0.1) is 11.3 Å². The number of rotatable bonds is 2. The third-order valence-electron chi connectivity index (χ3n) is 2.65. The van der Waals surface area contributed by atoms with Crippen molar-refractivity contribution in [1.29, 1.82) is 0 Å². The fourth-order valence-corrected chi connectivity index (χ4v) is 1.61. The Morgan fingerprint density at radius 3 is 2.11 bits per heavy atom. The van der Waals surface area contributed by atoms with Gasteiger partial charge in [-0.15, -0.1) is 0 Å². The minimum absolute atomic E-state index is 0.230. The van der Waals surface area contributed by atoms with Gasteiger partial charge in [-0.2, -0.15) is 18.3 Å². The summed E-state index contributed by atoms with van der Waals surface area (Å²) >= 11 is 0. The SMILES string of the molecule is CC(C)n1ccc(-c2ccc(C(F)(F)F)cc2)n1. The van der Waals surface area contributed by atoms with Crippen molar-refractivity contribution in [2.45, 2.75) is 26.1 Å². The molecule has 0 unspecified atom stereocenters. The Balaban J connectivity index is 2.29. The van der Waals surface area contributed by atoms with Crippen LogP contribution in [-0.4, -0.2) is 9.78 Å². The summed E-state index contributed by atoms with van der Waals surface area (Å²) in [5, 5.41) is 4.31. The highest BCUT2D eigenvalue weighted by atomic mass is 19.4. The summed E-state index contributed by atoms with van der Waals surface area (Å²) in [6, 6.07) is 7.05. The predicted octanol–water partition coefficient (Wildman–Crippen LogP) is 4.15. The lowest BCUT2D eigenvalue weighted by Crippen LogP contribution is -2.04.